The molecule has 2 nitrogen and oxygen atoms in total. The Morgan fingerprint density at radius 2 is 1.12 bits per heavy atom. The average Bonchev–Trinajstić information content (AvgIpc) is 2.82. The molecule has 2 aromatic carbocycles. The molecular formula is C29H41NOSn. The summed E-state index contributed by atoms with van der Waals surface area (Å²) < 4.78 is 6.12. The Hall–Kier alpha value is -1.81. The minimum atomic E-state index is -2.37. The summed E-state index contributed by atoms with van der Waals surface area (Å²) >= 11 is -2.37. The summed E-state index contributed by atoms with van der Waals surface area (Å²) in [7, 11) is 0. The Kier molecular flexibility index (Phi) is 11.9. The van der Waals surface area contributed by atoms with Gasteiger partial charge in [0.15, 0.2) is 0 Å². The zero-order valence-electron chi connectivity index (χ0n) is 20.3. The molecule has 2 aromatic rings. The van der Waals surface area contributed by atoms with Gasteiger partial charge in [0.2, 0.25) is 0 Å². The van der Waals surface area contributed by atoms with E-state index in [2.05, 4.69) is 45.0 Å². The topological polar surface area (TPSA) is 43.1 Å². The van der Waals surface area contributed by atoms with Crippen molar-refractivity contribution in [2.45, 2.75) is 72.6 Å². The number of ketones is 1. The van der Waals surface area contributed by atoms with Crippen LogP contribution >= 0.6 is 0 Å². The molecule has 0 spiro atoms. The van der Waals surface area contributed by atoms with E-state index < -0.39 is 18.4 Å². The van der Waals surface area contributed by atoms with Gasteiger partial charge in [-0.25, -0.2) is 0 Å². The van der Waals surface area contributed by atoms with Crippen molar-refractivity contribution < 1.29 is 4.79 Å². The van der Waals surface area contributed by atoms with Crippen LogP contribution < -0.4 is 9.31 Å². The van der Waals surface area contributed by atoms with Crippen LogP contribution in [-0.4, -0.2) is 24.2 Å². The number of unbranched alkanes of at least 4 members (excludes halogenated alkanes) is 3. The van der Waals surface area contributed by atoms with Crippen LogP contribution in [0.1, 0.15) is 70.4 Å². The number of allylic oxidation sites excluding steroid dienone is 2. The molecule has 0 amide bonds. The van der Waals surface area contributed by atoms with E-state index in [0.29, 0.717) is 0 Å². The number of hydrogen-bond acceptors (Lipinski definition) is 2. The van der Waals surface area contributed by atoms with Crippen molar-refractivity contribution >= 4 is 45.6 Å². The molecule has 0 aliphatic rings. The molecule has 0 saturated carbocycles. The second-order valence-corrected chi connectivity index (χ2v) is 22.2. The SMILES string of the molecule is CCC[CH2][Sn]([CH2]CCC)([CH2]CCC)[c]1ccc(/C=C/C(=O)/C=C/c2ccc(N)cc2)cc1. The molecule has 0 saturated heterocycles. The molecule has 0 heterocycles. The van der Waals surface area contributed by atoms with Gasteiger partial charge in [0.1, 0.15) is 0 Å². The van der Waals surface area contributed by atoms with E-state index in [0.717, 1.165) is 16.8 Å². The molecule has 0 aliphatic heterocycles. The van der Waals surface area contributed by atoms with Crippen molar-refractivity contribution in [3.8, 4) is 0 Å². The monoisotopic (exact) mass is 539 g/mol. The zero-order valence-corrected chi connectivity index (χ0v) is 23.1. The Balaban J connectivity index is 2.11. The van der Waals surface area contributed by atoms with E-state index in [1.54, 1.807) is 15.7 Å². The molecule has 0 fully saturated rings. The quantitative estimate of drug-likeness (QED) is 0.153. The van der Waals surface area contributed by atoms with Gasteiger partial charge in [-0.3, -0.25) is 0 Å². The second kappa shape index (κ2) is 14.4. The minimum absolute atomic E-state index is 0.00624. The van der Waals surface area contributed by atoms with Crippen molar-refractivity contribution in [1.29, 1.82) is 0 Å². The van der Waals surface area contributed by atoms with Gasteiger partial charge in [-0.05, 0) is 0 Å². The van der Waals surface area contributed by atoms with Crippen LogP contribution in [0, 0.1) is 0 Å². The molecule has 0 unspecified atom stereocenters. The molecule has 2 rings (SSSR count). The Labute approximate surface area is 199 Å². The average molecular weight is 538 g/mol. The van der Waals surface area contributed by atoms with Gasteiger partial charge in [0.25, 0.3) is 0 Å². The first kappa shape index (κ1) is 26.4. The van der Waals surface area contributed by atoms with Crippen LogP contribution in [0.5, 0.6) is 0 Å². The van der Waals surface area contributed by atoms with Crippen LogP contribution in [0.3, 0.4) is 0 Å². The van der Waals surface area contributed by atoms with Crippen LogP contribution in [0.2, 0.25) is 13.3 Å². The fourth-order valence-corrected chi connectivity index (χ4v) is 20.2. The standard InChI is InChI=1S/C17H14NO.3C4H9.Sn/c18-16-10-6-15(7-11-16)9-13-17(19)12-8-14-4-2-1-3-5-14;3*1-3-4-2;/h2-13H,18H2;3*1,3-4H2,2H3;/b12-8+,13-9+;;;;. The van der Waals surface area contributed by atoms with Crippen molar-refractivity contribution in [2.24, 2.45) is 0 Å². The summed E-state index contributed by atoms with van der Waals surface area (Å²) in [6, 6.07) is 16.7. The van der Waals surface area contributed by atoms with Crippen LogP contribution in [0.15, 0.2) is 60.7 Å². The number of hydrogen-bond donors (Lipinski definition) is 1. The summed E-state index contributed by atoms with van der Waals surface area (Å²) in [5.41, 5.74) is 8.51. The van der Waals surface area contributed by atoms with Gasteiger partial charge in [0, 0.05) is 5.69 Å². The maximum absolute atomic E-state index is 12.2. The second-order valence-electron chi connectivity index (χ2n) is 8.95. The van der Waals surface area contributed by atoms with E-state index in [-0.39, 0.29) is 5.78 Å². The number of carbonyl (C=O) groups excluding carboxylic acids is 1. The first-order valence-electron chi connectivity index (χ1n) is 12.4. The fourth-order valence-electron chi connectivity index (χ4n) is 4.32. The zero-order chi connectivity index (χ0) is 23.2. The molecular weight excluding hydrogens is 497 g/mol. The van der Waals surface area contributed by atoms with Gasteiger partial charge >= 0.3 is 189 Å². The van der Waals surface area contributed by atoms with Gasteiger partial charge in [-0.15, -0.1) is 0 Å². The Bertz CT molecular complexity index is 843. The van der Waals surface area contributed by atoms with E-state index in [1.165, 1.54) is 51.8 Å². The van der Waals surface area contributed by atoms with Gasteiger partial charge < -0.3 is 5.73 Å². The first-order valence-corrected chi connectivity index (χ1v) is 19.9. The van der Waals surface area contributed by atoms with Gasteiger partial charge in [-0.2, -0.15) is 0 Å². The summed E-state index contributed by atoms with van der Waals surface area (Å²) in [5.74, 6) is -0.00624. The van der Waals surface area contributed by atoms with Gasteiger partial charge in [-0.1, -0.05) is 0 Å². The third-order valence-corrected chi connectivity index (χ3v) is 22.0. The van der Waals surface area contributed by atoms with E-state index in [1.807, 2.05) is 36.4 Å². The van der Waals surface area contributed by atoms with Crippen molar-refractivity contribution in [2.75, 3.05) is 5.73 Å². The molecule has 0 radical (unpaired) electrons. The van der Waals surface area contributed by atoms with E-state index in [4.69, 9.17) is 5.73 Å². The molecule has 0 aromatic heterocycles. The molecule has 0 bridgehead atoms. The van der Waals surface area contributed by atoms with Gasteiger partial charge in [0.05, 0.1) is 0 Å². The number of carbonyl (C=O) groups is 1. The molecule has 0 atom stereocenters. The summed E-state index contributed by atoms with van der Waals surface area (Å²) in [6.45, 7) is 6.97. The first-order chi connectivity index (χ1) is 15.5. The predicted molar refractivity (Wildman–Crippen MR) is 145 cm³/mol. The van der Waals surface area contributed by atoms with E-state index in [9.17, 15) is 4.79 Å². The Morgan fingerprint density at radius 1 is 0.719 bits per heavy atom. The van der Waals surface area contributed by atoms with Crippen LogP contribution in [0.4, 0.5) is 5.69 Å². The third-order valence-electron chi connectivity index (χ3n) is 6.37. The molecule has 3 heteroatoms. The Morgan fingerprint density at radius 3 is 1.53 bits per heavy atom. The molecule has 2 N–H and O–H groups in total. The number of nitrogen functional groups attached to an aromatic ring is 1. The fraction of sp³-hybridized carbons (Fsp3) is 0.414. The summed E-state index contributed by atoms with van der Waals surface area (Å²) in [4.78, 5) is 12.2. The predicted octanol–water partition coefficient (Wildman–Crippen LogP) is 7.62. The van der Waals surface area contributed by atoms with E-state index >= 15 is 0 Å². The van der Waals surface area contributed by atoms with Crippen molar-refractivity contribution in [1.82, 2.24) is 0 Å². The normalized spacial score (nSPS) is 12.1. The third kappa shape index (κ3) is 8.61. The number of nitrogens with two attached hydrogens (primary N) is 1. The van der Waals surface area contributed by atoms with Crippen molar-refractivity contribution in [3.05, 3.63) is 71.8 Å². The van der Waals surface area contributed by atoms with Crippen LogP contribution in [-0.2, 0) is 4.79 Å². The number of anilines is 1. The number of rotatable bonds is 14. The van der Waals surface area contributed by atoms with Crippen molar-refractivity contribution in [3.63, 3.8) is 0 Å². The van der Waals surface area contributed by atoms with Crippen LogP contribution in [0.25, 0.3) is 12.2 Å². The maximum atomic E-state index is 12.2. The summed E-state index contributed by atoms with van der Waals surface area (Å²) in [5, 5.41) is 0. The molecule has 32 heavy (non-hydrogen) atoms. The number of benzene rings is 2. The molecule has 172 valence electrons. The molecule has 0 aliphatic carbocycles. The summed E-state index contributed by atoms with van der Waals surface area (Å²) in [6.07, 6.45) is 15.0.